The van der Waals surface area contributed by atoms with Crippen molar-refractivity contribution < 1.29 is 4.79 Å². The maximum Gasteiger partial charge on any atom is 0.320 e. The fourth-order valence-corrected chi connectivity index (χ4v) is 3.32. The Bertz CT molecular complexity index is 1020. The maximum absolute atomic E-state index is 11.7. The van der Waals surface area contributed by atoms with Crippen LogP contribution in [0.15, 0.2) is 42.6 Å². The summed E-state index contributed by atoms with van der Waals surface area (Å²) in [6, 6.07) is 11.5. The first-order chi connectivity index (χ1) is 14.6. The third-order valence-corrected chi connectivity index (χ3v) is 4.99. The Morgan fingerprint density at radius 2 is 1.73 bits per heavy atom. The number of nitrogens with zero attached hydrogens (tertiary/aromatic N) is 5. The average Bonchev–Trinajstić information content (AvgIpc) is 2.75. The van der Waals surface area contributed by atoms with Crippen molar-refractivity contribution in [1.82, 2.24) is 25.2 Å². The van der Waals surface area contributed by atoms with E-state index in [1.165, 1.54) is 5.69 Å². The molecule has 2 amide bonds. The Labute approximate surface area is 175 Å². The monoisotopic (exact) mass is 406 g/mol. The van der Waals surface area contributed by atoms with Crippen molar-refractivity contribution in [3.8, 4) is 0 Å². The van der Waals surface area contributed by atoms with Gasteiger partial charge in [-0.1, -0.05) is 0 Å². The van der Waals surface area contributed by atoms with E-state index >= 15 is 0 Å². The van der Waals surface area contributed by atoms with Gasteiger partial charge in [0.15, 0.2) is 11.5 Å². The van der Waals surface area contributed by atoms with Crippen LogP contribution in [0.4, 0.5) is 27.8 Å². The Kier molecular flexibility index (Phi) is 5.89. The van der Waals surface area contributed by atoms with E-state index in [9.17, 15) is 4.79 Å². The molecule has 1 saturated heterocycles. The van der Waals surface area contributed by atoms with E-state index in [1.54, 1.807) is 18.3 Å². The number of carbonyl (C=O) groups is 1. The molecule has 4 rings (SSSR count). The lowest BCUT2D eigenvalue weighted by atomic mass is 10.2. The minimum absolute atomic E-state index is 0.299. The predicted molar refractivity (Wildman–Crippen MR) is 119 cm³/mol. The van der Waals surface area contributed by atoms with E-state index < -0.39 is 0 Å². The number of carbonyl (C=O) groups excluding carboxylic acids is 1. The first-order valence-electron chi connectivity index (χ1n) is 10.1. The van der Waals surface area contributed by atoms with Crippen LogP contribution in [-0.4, -0.2) is 65.7 Å². The number of aromatic nitrogens is 3. The smallest absolute Gasteiger partial charge is 0.320 e. The van der Waals surface area contributed by atoms with Gasteiger partial charge in [-0.05, 0) is 50.4 Å². The minimum atomic E-state index is -0.299. The van der Waals surface area contributed by atoms with Crippen LogP contribution < -0.4 is 20.9 Å². The highest BCUT2D eigenvalue weighted by Gasteiger charge is 2.14. The lowest BCUT2D eigenvalue weighted by molar-refractivity contribution is 0.252. The second-order valence-corrected chi connectivity index (χ2v) is 7.24. The average molecular weight is 406 g/mol. The van der Waals surface area contributed by atoms with Gasteiger partial charge < -0.3 is 20.4 Å². The zero-order chi connectivity index (χ0) is 20.9. The summed E-state index contributed by atoms with van der Waals surface area (Å²) < 4.78 is 0. The predicted octanol–water partition coefficient (Wildman–Crippen LogP) is 2.66. The molecule has 3 aromatic rings. The van der Waals surface area contributed by atoms with Gasteiger partial charge in [0.05, 0.1) is 6.20 Å². The van der Waals surface area contributed by atoms with E-state index in [4.69, 9.17) is 0 Å². The van der Waals surface area contributed by atoms with Crippen LogP contribution in [0.2, 0.25) is 0 Å². The van der Waals surface area contributed by atoms with E-state index in [0.717, 1.165) is 31.9 Å². The van der Waals surface area contributed by atoms with Crippen molar-refractivity contribution in [3.63, 3.8) is 0 Å². The van der Waals surface area contributed by atoms with Crippen LogP contribution in [0.1, 0.15) is 6.92 Å². The quantitative estimate of drug-likeness (QED) is 0.599. The molecule has 0 aliphatic carbocycles. The van der Waals surface area contributed by atoms with Crippen molar-refractivity contribution in [2.75, 3.05) is 55.3 Å². The highest BCUT2D eigenvalue weighted by molar-refractivity contribution is 5.89. The van der Waals surface area contributed by atoms with Crippen LogP contribution in [0.25, 0.3) is 11.2 Å². The zero-order valence-corrected chi connectivity index (χ0v) is 17.2. The lowest BCUT2D eigenvalue weighted by Gasteiger charge is -2.34. The van der Waals surface area contributed by atoms with E-state index in [0.29, 0.717) is 29.3 Å². The number of likely N-dealkylation sites (N-methyl/N-ethyl adjacent to an activating group) is 1. The first-order valence-corrected chi connectivity index (χ1v) is 10.1. The summed E-state index contributed by atoms with van der Waals surface area (Å²) in [5.41, 5.74) is 3.27. The lowest BCUT2D eigenvalue weighted by Crippen LogP contribution is -2.44. The highest BCUT2D eigenvalue weighted by Crippen LogP contribution is 2.22. The van der Waals surface area contributed by atoms with Crippen molar-refractivity contribution in [3.05, 3.63) is 42.6 Å². The summed E-state index contributed by atoms with van der Waals surface area (Å²) >= 11 is 0. The number of rotatable bonds is 5. The van der Waals surface area contributed by atoms with Gasteiger partial charge in [0.25, 0.3) is 0 Å². The summed E-state index contributed by atoms with van der Waals surface area (Å²) in [6.07, 6.45) is 1.68. The van der Waals surface area contributed by atoms with E-state index in [-0.39, 0.29) is 6.03 Å². The Hall–Kier alpha value is -3.46. The van der Waals surface area contributed by atoms with Gasteiger partial charge in [0.2, 0.25) is 0 Å². The summed E-state index contributed by atoms with van der Waals surface area (Å²) in [5.74, 6) is 1.02. The van der Waals surface area contributed by atoms with Crippen LogP contribution in [0.3, 0.4) is 0 Å². The van der Waals surface area contributed by atoms with Crippen LogP contribution >= 0.6 is 0 Å². The number of anilines is 4. The molecule has 0 unspecified atom stereocenters. The number of urea groups is 1. The summed E-state index contributed by atoms with van der Waals surface area (Å²) in [5, 5.41) is 8.63. The maximum atomic E-state index is 11.7. The highest BCUT2D eigenvalue weighted by atomic mass is 16.2. The molecule has 0 atom stereocenters. The summed E-state index contributed by atoms with van der Waals surface area (Å²) in [4.78, 5) is 29.8. The molecule has 3 heterocycles. The number of benzene rings is 1. The molecule has 1 aliphatic heterocycles. The molecule has 9 heteroatoms. The van der Waals surface area contributed by atoms with Gasteiger partial charge in [0.1, 0.15) is 11.3 Å². The molecule has 156 valence electrons. The molecule has 3 N–H and O–H groups in total. The Morgan fingerprint density at radius 3 is 2.47 bits per heavy atom. The van der Waals surface area contributed by atoms with Crippen molar-refractivity contribution in [2.24, 2.45) is 0 Å². The van der Waals surface area contributed by atoms with Crippen molar-refractivity contribution in [1.29, 1.82) is 0 Å². The number of fused-ring (bicyclic) bond motifs is 1. The molecule has 1 fully saturated rings. The number of amides is 2. The van der Waals surface area contributed by atoms with E-state index in [1.807, 2.05) is 19.1 Å². The molecule has 1 aromatic carbocycles. The zero-order valence-electron chi connectivity index (χ0n) is 17.2. The first kappa shape index (κ1) is 19.8. The molecule has 0 spiro atoms. The van der Waals surface area contributed by atoms with Gasteiger partial charge in [-0.3, -0.25) is 5.32 Å². The van der Waals surface area contributed by atoms with Gasteiger partial charge in [-0.2, -0.15) is 0 Å². The van der Waals surface area contributed by atoms with Crippen molar-refractivity contribution in [2.45, 2.75) is 6.92 Å². The van der Waals surface area contributed by atoms with Gasteiger partial charge in [-0.25, -0.2) is 19.7 Å². The fourth-order valence-electron chi connectivity index (χ4n) is 3.32. The van der Waals surface area contributed by atoms with Crippen LogP contribution in [0.5, 0.6) is 0 Å². The van der Waals surface area contributed by atoms with Gasteiger partial charge in [-0.15, -0.1) is 0 Å². The number of nitrogens with one attached hydrogen (secondary N) is 3. The summed E-state index contributed by atoms with van der Waals surface area (Å²) in [6.45, 7) is 6.64. The van der Waals surface area contributed by atoms with E-state index in [2.05, 4.69) is 59.9 Å². The number of hydrogen-bond donors (Lipinski definition) is 3. The molecule has 0 bridgehead atoms. The normalized spacial score (nSPS) is 14.5. The molecule has 1 aliphatic rings. The number of pyridine rings is 1. The topological polar surface area (TPSA) is 98.3 Å². The second-order valence-electron chi connectivity index (χ2n) is 7.24. The number of piperazine rings is 1. The summed E-state index contributed by atoms with van der Waals surface area (Å²) in [7, 11) is 2.16. The molecular formula is C21H26N8O. The minimum Gasteiger partial charge on any atom is -0.369 e. The second kappa shape index (κ2) is 8.91. The third kappa shape index (κ3) is 4.74. The van der Waals surface area contributed by atoms with Crippen LogP contribution in [0, 0.1) is 0 Å². The Balaban J connectivity index is 1.45. The van der Waals surface area contributed by atoms with Crippen LogP contribution in [-0.2, 0) is 0 Å². The Morgan fingerprint density at radius 1 is 1.00 bits per heavy atom. The molecule has 30 heavy (non-hydrogen) atoms. The molecule has 2 aromatic heterocycles. The van der Waals surface area contributed by atoms with Crippen molar-refractivity contribution >= 4 is 40.2 Å². The van der Waals surface area contributed by atoms with Gasteiger partial charge >= 0.3 is 6.03 Å². The number of hydrogen-bond acceptors (Lipinski definition) is 7. The molecule has 0 saturated carbocycles. The molecular weight excluding hydrogens is 380 g/mol. The molecule has 9 nitrogen and oxygen atoms in total. The third-order valence-electron chi connectivity index (χ3n) is 4.99. The SMILES string of the molecule is CCNC(=O)Nc1ccc2ncc(Nc3ccc(N4CCN(C)CC4)cc3)nc2n1. The van der Waals surface area contributed by atoms with Gasteiger partial charge in [0, 0.05) is 44.1 Å². The molecule has 0 radical (unpaired) electrons. The largest absolute Gasteiger partial charge is 0.369 e. The fraction of sp³-hybridized carbons (Fsp3) is 0.333. The standard InChI is InChI=1S/C21H26N8O/c1-3-22-21(30)27-18-9-8-17-20(25-18)26-19(14-23-17)24-15-4-6-16(7-5-15)29-12-10-28(2)11-13-29/h4-9,14H,3,10-13H2,1-2H3,(H3,22,24,25,26,27,30).